The summed E-state index contributed by atoms with van der Waals surface area (Å²) in [7, 11) is 0. The molecule has 0 bridgehead atoms. The molecule has 0 aromatic heterocycles. The smallest absolute Gasteiger partial charge is 0.414 e. The van der Waals surface area contributed by atoms with Gasteiger partial charge in [0.05, 0.1) is 0 Å². The molecule has 1 unspecified atom stereocenters. The highest BCUT2D eigenvalue weighted by molar-refractivity contribution is 5.78. The highest BCUT2D eigenvalue weighted by Crippen LogP contribution is 2.39. The quantitative estimate of drug-likeness (QED) is 0.387. The number of hydrogen-bond acceptors (Lipinski definition) is 2. The summed E-state index contributed by atoms with van der Waals surface area (Å²) in [6.07, 6.45) is -2.55. The van der Waals surface area contributed by atoms with Crippen LogP contribution in [0.25, 0.3) is 5.57 Å². The fourth-order valence-corrected chi connectivity index (χ4v) is 2.90. The van der Waals surface area contributed by atoms with Crippen molar-refractivity contribution in [3.05, 3.63) is 35.2 Å². The van der Waals surface area contributed by atoms with E-state index in [9.17, 15) is 31.1 Å². The lowest BCUT2D eigenvalue weighted by Gasteiger charge is -2.23. The number of esters is 1. The maximum atomic E-state index is 14.2. The third-order valence-electron chi connectivity index (χ3n) is 4.07. The van der Waals surface area contributed by atoms with E-state index >= 15 is 0 Å². The van der Waals surface area contributed by atoms with E-state index in [1.165, 1.54) is 0 Å². The van der Waals surface area contributed by atoms with Crippen LogP contribution >= 0.6 is 0 Å². The summed E-state index contributed by atoms with van der Waals surface area (Å²) < 4.78 is 82.2. The minimum Gasteiger partial charge on any atom is -0.414 e. The van der Waals surface area contributed by atoms with Gasteiger partial charge in [-0.3, -0.25) is 0 Å². The fraction of sp³-hybridized carbons (Fsp3) is 0.471. The molecule has 25 heavy (non-hydrogen) atoms. The van der Waals surface area contributed by atoms with E-state index in [-0.39, 0.29) is 29.9 Å². The number of halogens is 6. The minimum atomic E-state index is -5.39. The summed E-state index contributed by atoms with van der Waals surface area (Å²) in [5, 5.41) is 0. The van der Waals surface area contributed by atoms with Gasteiger partial charge in [0, 0.05) is 6.42 Å². The van der Waals surface area contributed by atoms with Gasteiger partial charge in [0.15, 0.2) is 11.6 Å². The van der Waals surface area contributed by atoms with E-state index in [0.29, 0.717) is 18.6 Å². The summed E-state index contributed by atoms with van der Waals surface area (Å²) in [6, 6.07) is 1.36. The van der Waals surface area contributed by atoms with Gasteiger partial charge in [0.2, 0.25) is 5.75 Å². The fourth-order valence-electron chi connectivity index (χ4n) is 2.90. The number of carbonyl (C=O) groups is 1. The van der Waals surface area contributed by atoms with Gasteiger partial charge in [-0.05, 0) is 42.0 Å². The first-order valence-corrected chi connectivity index (χ1v) is 7.79. The first-order valence-electron chi connectivity index (χ1n) is 7.79. The zero-order valence-corrected chi connectivity index (χ0v) is 13.4. The largest absolute Gasteiger partial charge is 0.491 e. The lowest BCUT2D eigenvalue weighted by Crippen LogP contribution is -2.28. The van der Waals surface area contributed by atoms with Gasteiger partial charge in [-0.15, -0.1) is 0 Å². The van der Waals surface area contributed by atoms with Crippen LogP contribution in [0.2, 0.25) is 0 Å². The Labute approximate surface area is 140 Å². The Morgan fingerprint density at radius 2 is 1.80 bits per heavy atom. The van der Waals surface area contributed by atoms with Gasteiger partial charge in [-0.1, -0.05) is 19.8 Å². The molecule has 0 saturated heterocycles. The van der Waals surface area contributed by atoms with Crippen LogP contribution in [0.1, 0.15) is 44.6 Å². The number of ether oxygens (including phenoxy) is 1. The van der Waals surface area contributed by atoms with Crippen molar-refractivity contribution in [1.29, 1.82) is 0 Å². The molecule has 0 aliphatic heterocycles. The second-order valence-electron chi connectivity index (χ2n) is 5.94. The molecule has 1 aromatic rings. The van der Waals surface area contributed by atoms with Crippen LogP contribution in [0.5, 0.6) is 5.75 Å². The number of benzene rings is 1. The molecule has 1 aromatic carbocycles. The second kappa shape index (κ2) is 7.49. The molecule has 0 N–H and O–H groups in total. The highest BCUT2D eigenvalue weighted by Gasteiger charge is 2.42. The van der Waals surface area contributed by atoms with Gasteiger partial charge < -0.3 is 4.74 Å². The third kappa shape index (κ3) is 4.55. The van der Waals surface area contributed by atoms with E-state index in [2.05, 4.69) is 4.74 Å². The zero-order valence-electron chi connectivity index (χ0n) is 13.4. The van der Waals surface area contributed by atoms with Crippen molar-refractivity contribution in [1.82, 2.24) is 0 Å². The van der Waals surface area contributed by atoms with Crippen LogP contribution in [0.3, 0.4) is 0 Å². The first kappa shape index (κ1) is 19.3. The lowest BCUT2D eigenvalue weighted by atomic mass is 9.83. The molecule has 8 heteroatoms. The Hall–Kier alpha value is -1.99. The van der Waals surface area contributed by atoms with E-state index in [4.69, 9.17) is 0 Å². The highest BCUT2D eigenvalue weighted by atomic mass is 19.4. The third-order valence-corrected chi connectivity index (χ3v) is 4.07. The van der Waals surface area contributed by atoms with Crippen molar-refractivity contribution in [3.8, 4) is 5.75 Å². The number of hydrogen-bond donors (Lipinski definition) is 0. The summed E-state index contributed by atoms with van der Waals surface area (Å²) in [5.74, 6) is -7.50. The van der Waals surface area contributed by atoms with Crippen molar-refractivity contribution in [2.24, 2.45) is 5.92 Å². The Morgan fingerprint density at radius 1 is 1.20 bits per heavy atom. The molecule has 1 atom stereocenters. The standard InChI is InChI=1S/C17H16F6O2/c1-2-3-9-4-5-11(12(18)6-9)10-7-13(19)15(14(20)8-10)25-16(24)17(21,22)23/h7-9H,2-6H2,1H3. The summed E-state index contributed by atoms with van der Waals surface area (Å²) in [5.41, 5.74) is 0.0214. The molecule has 0 heterocycles. The van der Waals surface area contributed by atoms with Gasteiger partial charge in [-0.2, -0.15) is 13.2 Å². The molecule has 0 spiro atoms. The Balaban J connectivity index is 2.28. The number of alkyl halides is 3. The number of allylic oxidation sites excluding steroid dienone is 2. The predicted octanol–water partition coefficient (Wildman–Crippen LogP) is 5.71. The maximum absolute atomic E-state index is 14.2. The Morgan fingerprint density at radius 3 is 2.28 bits per heavy atom. The topological polar surface area (TPSA) is 26.3 Å². The predicted molar refractivity (Wildman–Crippen MR) is 78.3 cm³/mol. The van der Waals surface area contributed by atoms with Gasteiger partial charge in [0.1, 0.15) is 5.83 Å². The van der Waals surface area contributed by atoms with E-state index in [1.807, 2.05) is 6.92 Å². The van der Waals surface area contributed by atoms with Gasteiger partial charge >= 0.3 is 12.1 Å². The lowest BCUT2D eigenvalue weighted by molar-refractivity contribution is -0.190. The molecule has 0 radical (unpaired) electrons. The van der Waals surface area contributed by atoms with E-state index in [1.54, 1.807) is 0 Å². The molecule has 0 saturated carbocycles. The summed E-state index contributed by atoms with van der Waals surface area (Å²) >= 11 is 0. The average Bonchev–Trinajstić information content (AvgIpc) is 2.50. The van der Waals surface area contributed by atoms with E-state index < -0.39 is 35.4 Å². The first-order chi connectivity index (χ1) is 11.6. The van der Waals surface area contributed by atoms with Crippen molar-refractivity contribution in [2.75, 3.05) is 0 Å². The van der Waals surface area contributed by atoms with Crippen LogP contribution in [0.15, 0.2) is 18.0 Å². The molecule has 138 valence electrons. The van der Waals surface area contributed by atoms with Crippen molar-refractivity contribution >= 4 is 11.5 Å². The molecule has 1 aliphatic carbocycles. The van der Waals surface area contributed by atoms with Crippen LogP contribution in [-0.4, -0.2) is 12.1 Å². The van der Waals surface area contributed by atoms with E-state index in [0.717, 1.165) is 12.8 Å². The number of rotatable bonds is 4. The molecular weight excluding hydrogens is 350 g/mol. The molecule has 2 rings (SSSR count). The second-order valence-corrected chi connectivity index (χ2v) is 5.94. The van der Waals surface area contributed by atoms with Crippen LogP contribution in [0, 0.1) is 17.6 Å². The maximum Gasteiger partial charge on any atom is 0.491 e. The van der Waals surface area contributed by atoms with Crippen molar-refractivity contribution in [3.63, 3.8) is 0 Å². The molecule has 2 nitrogen and oxygen atoms in total. The van der Waals surface area contributed by atoms with Crippen LogP contribution in [-0.2, 0) is 4.79 Å². The van der Waals surface area contributed by atoms with Crippen LogP contribution < -0.4 is 4.74 Å². The molecule has 0 fully saturated rings. The Bertz CT molecular complexity index is 670. The number of carbonyl (C=O) groups excluding carboxylic acids is 1. The van der Waals surface area contributed by atoms with Gasteiger partial charge in [-0.25, -0.2) is 18.0 Å². The molecule has 1 aliphatic rings. The molecule has 0 amide bonds. The van der Waals surface area contributed by atoms with Crippen LogP contribution in [0.4, 0.5) is 26.3 Å². The molecular formula is C17H16F6O2. The zero-order chi connectivity index (χ0) is 18.8. The average molecular weight is 366 g/mol. The Kier molecular flexibility index (Phi) is 5.80. The van der Waals surface area contributed by atoms with Gasteiger partial charge in [0.25, 0.3) is 0 Å². The van der Waals surface area contributed by atoms with Crippen molar-refractivity contribution < 1.29 is 35.9 Å². The van der Waals surface area contributed by atoms with Crippen molar-refractivity contribution in [2.45, 2.75) is 45.2 Å². The summed E-state index contributed by atoms with van der Waals surface area (Å²) in [4.78, 5) is 10.7. The SMILES string of the molecule is CCCC1CCC(c2cc(F)c(OC(=O)C(F)(F)F)c(F)c2)=C(F)C1. The minimum absolute atomic E-state index is 0.103. The normalized spacial score (nSPS) is 18.4. The monoisotopic (exact) mass is 366 g/mol. The summed E-state index contributed by atoms with van der Waals surface area (Å²) in [6.45, 7) is 1.98.